The fourth-order valence-electron chi connectivity index (χ4n) is 1.36. The molecule has 1 aliphatic heterocycles. The lowest BCUT2D eigenvalue weighted by Gasteiger charge is -2.06. The van der Waals surface area contributed by atoms with Gasteiger partial charge in [-0.2, -0.15) is 5.48 Å². The van der Waals surface area contributed by atoms with Gasteiger partial charge in [-0.1, -0.05) is 42.2 Å². The monoisotopic (exact) mass is 266 g/mol. The molecule has 0 saturated carbocycles. The molecule has 0 atom stereocenters. The van der Waals surface area contributed by atoms with Gasteiger partial charge in [-0.05, 0) is 12.1 Å². The van der Waals surface area contributed by atoms with Gasteiger partial charge in [0.1, 0.15) is 4.32 Å². The van der Waals surface area contributed by atoms with Crippen LogP contribution in [0.1, 0.15) is 5.56 Å². The molecule has 0 bridgehead atoms. The van der Waals surface area contributed by atoms with Crippen LogP contribution in [0.3, 0.4) is 0 Å². The van der Waals surface area contributed by atoms with E-state index in [1.807, 2.05) is 24.3 Å². The van der Waals surface area contributed by atoms with Crippen LogP contribution in [-0.4, -0.2) is 17.3 Å². The van der Waals surface area contributed by atoms with Gasteiger partial charge in [-0.15, -0.1) is 0 Å². The number of hydrogen-bond acceptors (Lipinski definition) is 5. The molecule has 0 aromatic heterocycles. The molecule has 1 aromatic carbocycles. The Hall–Kier alpha value is -1.37. The smallest absolute Gasteiger partial charge is 0.263 e. The average Bonchev–Trinajstić information content (AvgIpc) is 2.61. The number of thiocarbonyl (C=S) groups is 1. The zero-order chi connectivity index (χ0) is 12.3. The Morgan fingerprint density at radius 1 is 1.47 bits per heavy atom. The van der Waals surface area contributed by atoms with Crippen LogP contribution in [0.25, 0.3) is 6.08 Å². The van der Waals surface area contributed by atoms with Gasteiger partial charge in [0, 0.05) is 12.6 Å². The lowest BCUT2D eigenvalue weighted by molar-refractivity contribution is -0.115. The molecule has 1 saturated heterocycles. The Labute approximate surface area is 108 Å². The second kappa shape index (κ2) is 5.31. The van der Waals surface area contributed by atoms with E-state index < -0.39 is 0 Å². The topological polar surface area (TPSA) is 50.4 Å². The van der Waals surface area contributed by atoms with Crippen molar-refractivity contribution in [1.82, 2.24) is 10.8 Å². The van der Waals surface area contributed by atoms with Crippen molar-refractivity contribution in [3.63, 3.8) is 0 Å². The maximum Gasteiger partial charge on any atom is 0.263 e. The lowest BCUT2D eigenvalue weighted by atomic mass is 10.2. The summed E-state index contributed by atoms with van der Waals surface area (Å²) in [5.41, 5.74) is 3.43. The van der Waals surface area contributed by atoms with E-state index >= 15 is 0 Å². The number of rotatable bonds is 3. The van der Waals surface area contributed by atoms with Gasteiger partial charge < -0.3 is 10.2 Å². The molecule has 2 N–H and O–H groups in total. The van der Waals surface area contributed by atoms with Gasteiger partial charge in [0.2, 0.25) is 0 Å². The third kappa shape index (κ3) is 2.85. The van der Waals surface area contributed by atoms with Crippen molar-refractivity contribution in [2.45, 2.75) is 0 Å². The molecule has 1 heterocycles. The predicted molar refractivity (Wildman–Crippen MR) is 72.4 cm³/mol. The molecule has 0 aliphatic carbocycles. The Morgan fingerprint density at radius 3 is 2.88 bits per heavy atom. The van der Waals surface area contributed by atoms with Crippen molar-refractivity contribution >= 4 is 40.3 Å². The number of hydrogen-bond donors (Lipinski definition) is 2. The summed E-state index contributed by atoms with van der Waals surface area (Å²) in [5.74, 6) is 0.493. The molecule has 1 amide bonds. The molecular formula is C11H10N2O2S2. The van der Waals surface area contributed by atoms with Crippen molar-refractivity contribution in [3.05, 3.63) is 34.7 Å². The van der Waals surface area contributed by atoms with Crippen LogP contribution >= 0.6 is 24.0 Å². The second-order valence-electron chi connectivity index (χ2n) is 3.20. The Kier molecular flexibility index (Phi) is 3.78. The fraction of sp³-hybridized carbons (Fsp3) is 0.0909. The van der Waals surface area contributed by atoms with Crippen LogP contribution in [-0.2, 0) is 4.79 Å². The third-order valence-electron chi connectivity index (χ3n) is 2.06. The molecule has 6 heteroatoms. The molecule has 4 nitrogen and oxygen atoms in total. The molecule has 0 unspecified atom stereocenters. The van der Waals surface area contributed by atoms with Gasteiger partial charge in [-0.3, -0.25) is 4.79 Å². The first kappa shape index (κ1) is 12.1. The zero-order valence-corrected chi connectivity index (χ0v) is 10.7. The first-order valence-electron chi connectivity index (χ1n) is 4.88. The van der Waals surface area contributed by atoms with Crippen LogP contribution in [0.15, 0.2) is 29.2 Å². The normalized spacial score (nSPS) is 17.4. The van der Waals surface area contributed by atoms with Crippen molar-refractivity contribution in [1.29, 1.82) is 0 Å². The molecular weight excluding hydrogens is 256 g/mol. The molecule has 88 valence electrons. The summed E-state index contributed by atoms with van der Waals surface area (Å²) in [6.07, 6.45) is 1.76. The SMILES string of the molecule is CNOc1ccccc1/C=C1\SC(=S)NC1=O. The number of benzene rings is 1. The number of carbonyl (C=O) groups excluding carboxylic acids is 1. The van der Waals surface area contributed by atoms with E-state index in [1.165, 1.54) is 11.8 Å². The molecule has 1 aromatic rings. The minimum Gasteiger partial charge on any atom is -0.408 e. The summed E-state index contributed by atoms with van der Waals surface area (Å²) in [5, 5.41) is 2.57. The number of hydroxylamine groups is 1. The first-order valence-corrected chi connectivity index (χ1v) is 6.10. The van der Waals surface area contributed by atoms with Gasteiger partial charge in [0.25, 0.3) is 5.91 Å². The zero-order valence-electron chi connectivity index (χ0n) is 9.02. The van der Waals surface area contributed by atoms with Crippen molar-refractivity contribution in [3.8, 4) is 5.75 Å². The number of thioether (sulfide) groups is 1. The van der Waals surface area contributed by atoms with Crippen molar-refractivity contribution in [2.24, 2.45) is 0 Å². The fourth-order valence-corrected chi connectivity index (χ4v) is 2.40. The molecule has 1 fully saturated rings. The molecule has 0 radical (unpaired) electrons. The number of para-hydroxylation sites is 1. The van der Waals surface area contributed by atoms with Crippen LogP contribution < -0.4 is 15.6 Å². The maximum absolute atomic E-state index is 11.5. The average molecular weight is 266 g/mol. The van der Waals surface area contributed by atoms with Gasteiger partial charge in [0.15, 0.2) is 5.75 Å². The largest absolute Gasteiger partial charge is 0.408 e. The molecule has 17 heavy (non-hydrogen) atoms. The summed E-state index contributed by atoms with van der Waals surface area (Å²) in [6.45, 7) is 0. The number of nitrogens with one attached hydrogen (secondary N) is 2. The Morgan fingerprint density at radius 2 is 2.24 bits per heavy atom. The standard InChI is InChI=1S/C11H10N2O2S2/c1-12-15-8-5-3-2-4-7(8)6-9-10(14)13-11(16)17-9/h2-6,12H,1H3,(H,13,14,16)/b9-6-. The minimum absolute atomic E-state index is 0.167. The summed E-state index contributed by atoms with van der Waals surface area (Å²) < 4.78 is 0.480. The van der Waals surface area contributed by atoms with E-state index in [-0.39, 0.29) is 5.91 Å². The molecule has 1 aliphatic rings. The van der Waals surface area contributed by atoms with Crippen LogP contribution in [0.2, 0.25) is 0 Å². The second-order valence-corrected chi connectivity index (χ2v) is 4.92. The van der Waals surface area contributed by atoms with E-state index in [0.717, 1.165) is 5.56 Å². The number of carbonyl (C=O) groups is 1. The van der Waals surface area contributed by atoms with Crippen LogP contribution in [0, 0.1) is 0 Å². The summed E-state index contributed by atoms with van der Waals surface area (Å²) >= 11 is 6.17. The highest BCUT2D eigenvalue weighted by Gasteiger charge is 2.22. The van der Waals surface area contributed by atoms with Crippen LogP contribution in [0.5, 0.6) is 5.75 Å². The van der Waals surface area contributed by atoms with Gasteiger partial charge in [-0.25, -0.2) is 0 Å². The predicted octanol–water partition coefficient (Wildman–Crippen LogP) is 1.69. The maximum atomic E-state index is 11.5. The van der Waals surface area contributed by atoms with E-state index in [1.54, 1.807) is 13.1 Å². The molecule has 0 spiro atoms. The quantitative estimate of drug-likeness (QED) is 0.495. The van der Waals surface area contributed by atoms with Crippen molar-refractivity contribution < 1.29 is 9.63 Å². The van der Waals surface area contributed by atoms with E-state index in [4.69, 9.17) is 17.1 Å². The lowest BCUT2D eigenvalue weighted by Crippen LogP contribution is -2.17. The summed E-state index contributed by atoms with van der Waals surface area (Å²) in [7, 11) is 1.68. The highest BCUT2D eigenvalue weighted by Crippen LogP contribution is 2.28. The van der Waals surface area contributed by atoms with E-state index in [2.05, 4.69) is 10.8 Å². The van der Waals surface area contributed by atoms with E-state index in [0.29, 0.717) is 15.0 Å². The Balaban J connectivity index is 2.32. The van der Waals surface area contributed by atoms with Crippen molar-refractivity contribution in [2.75, 3.05) is 7.05 Å². The minimum atomic E-state index is -0.167. The van der Waals surface area contributed by atoms with Gasteiger partial charge >= 0.3 is 0 Å². The Bertz CT molecular complexity index is 500. The molecule has 2 rings (SSSR count). The highest BCUT2D eigenvalue weighted by atomic mass is 32.2. The van der Waals surface area contributed by atoms with Crippen LogP contribution in [0.4, 0.5) is 0 Å². The summed E-state index contributed by atoms with van der Waals surface area (Å²) in [4.78, 5) is 17.3. The van der Waals surface area contributed by atoms with Gasteiger partial charge in [0.05, 0.1) is 4.91 Å². The first-order chi connectivity index (χ1) is 8.20. The number of amides is 1. The van der Waals surface area contributed by atoms with E-state index in [9.17, 15) is 4.79 Å². The summed E-state index contributed by atoms with van der Waals surface area (Å²) in [6, 6.07) is 7.43. The third-order valence-corrected chi connectivity index (χ3v) is 3.22. The highest BCUT2D eigenvalue weighted by molar-refractivity contribution is 8.26.